The summed E-state index contributed by atoms with van der Waals surface area (Å²) in [5, 5.41) is 35.9. The number of anilines is 1. The van der Waals surface area contributed by atoms with Crippen molar-refractivity contribution in [2.45, 2.75) is 43.6 Å². The lowest BCUT2D eigenvalue weighted by atomic mass is 10.1. The van der Waals surface area contributed by atoms with E-state index in [-0.39, 0.29) is 11.5 Å². The number of benzene rings is 3. The molecule has 0 spiro atoms. The van der Waals surface area contributed by atoms with E-state index in [1.54, 1.807) is 30.3 Å². The number of unbranched alkanes of at least 4 members (excludes halogenated alkanes) is 1. The van der Waals surface area contributed by atoms with Crippen molar-refractivity contribution in [3.05, 3.63) is 101 Å². The third-order valence-corrected chi connectivity index (χ3v) is 7.49. The number of H-pyrrole nitrogens is 1. The Balaban J connectivity index is 1.31. The van der Waals surface area contributed by atoms with Crippen LogP contribution in [-0.4, -0.2) is 52.4 Å². The van der Waals surface area contributed by atoms with Crippen LogP contribution in [-0.2, 0) is 18.7 Å². The summed E-state index contributed by atoms with van der Waals surface area (Å²) in [5.74, 6) is 0.545. The molecule has 0 aliphatic heterocycles. The molecule has 5 aromatic rings. The van der Waals surface area contributed by atoms with Crippen molar-refractivity contribution in [3.8, 4) is 11.4 Å². The third-order valence-electron chi connectivity index (χ3n) is 6.48. The third kappa shape index (κ3) is 6.67. The van der Waals surface area contributed by atoms with E-state index < -0.39 is 5.97 Å². The van der Waals surface area contributed by atoms with E-state index in [0.717, 1.165) is 41.4 Å². The van der Waals surface area contributed by atoms with Crippen LogP contribution >= 0.6 is 11.8 Å². The molecule has 3 aromatic carbocycles. The summed E-state index contributed by atoms with van der Waals surface area (Å²) in [7, 11) is 0. The number of rotatable bonds is 12. The molecule has 0 atom stereocenters. The minimum absolute atomic E-state index is 0.272. The van der Waals surface area contributed by atoms with Crippen LogP contribution in [0.1, 0.15) is 57.4 Å². The van der Waals surface area contributed by atoms with Gasteiger partial charge in [0.1, 0.15) is 5.82 Å². The Morgan fingerprint density at radius 3 is 2.44 bits per heavy atom. The smallest absolute Gasteiger partial charge is 0.335 e. The maximum atomic E-state index is 13.1. The second-order valence-electron chi connectivity index (χ2n) is 9.29. The molecule has 5 rings (SSSR count). The highest BCUT2D eigenvalue weighted by molar-refractivity contribution is 7.98. The number of carboxylic acid groups (broad SMARTS) is 1. The average molecular weight is 569 g/mol. The molecule has 0 radical (unpaired) electrons. The van der Waals surface area contributed by atoms with Crippen molar-refractivity contribution in [1.82, 2.24) is 35.4 Å². The number of tetrazole rings is 1. The van der Waals surface area contributed by atoms with Gasteiger partial charge in [-0.25, -0.2) is 9.89 Å². The summed E-state index contributed by atoms with van der Waals surface area (Å²) in [4.78, 5) is 24.7. The Hall–Kier alpha value is -4.84. The average Bonchev–Trinajstić information content (AvgIpc) is 3.66. The minimum atomic E-state index is -0.947. The van der Waals surface area contributed by atoms with E-state index in [1.807, 2.05) is 42.5 Å². The number of amides is 1. The van der Waals surface area contributed by atoms with Crippen LogP contribution in [0.2, 0.25) is 0 Å². The van der Waals surface area contributed by atoms with Gasteiger partial charge in [0.15, 0.2) is 11.0 Å². The first-order chi connectivity index (χ1) is 20.0. The predicted octanol–water partition coefficient (Wildman–Crippen LogP) is 5.09. The Labute approximate surface area is 240 Å². The fourth-order valence-corrected chi connectivity index (χ4v) is 5.30. The lowest BCUT2D eigenvalue weighted by Crippen LogP contribution is -2.13. The van der Waals surface area contributed by atoms with Crippen molar-refractivity contribution in [2.75, 3.05) is 5.32 Å². The van der Waals surface area contributed by atoms with E-state index in [1.165, 1.54) is 11.8 Å². The van der Waals surface area contributed by atoms with Crippen molar-refractivity contribution in [2.24, 2.45) is 0 Å². The number of thioether (sulfide) groups is 1. The van der Waals surface area contributed by atoms with E-state index in [0.29, 0.717) is 34.9 Å². The van der Waals surface area contributed by atoms with Crippen LogP contribution in [0.4, 0.5) is 5.69 Å². The minimum Gasteiger partial charge on any atom is -0.478 e. The molecular weight excluding hydrogens is 540 g/mol. The van der Waals surface area contributed by atoms with Gasteiger partial charge in [0.2, 0.25) is 0 Å². The molecule has 12 heteroatoms. The number of nitrogens with zero attached hydrogens (tertiary/aromatic N) is 6. The van der Waals surface area contributed by atoms with E-state index in [2.05, 4.69) is 47.6 Å². The van der Waals surface area contributed by atoms with Crippen molar-refractivity contribution < 1.29 is 14.7 Å². The molecule has 0 unspecified atom stereocenters. The van der Waals surface area contributed by atoms with Gasteiger partial charge in [0.05, 0.1) is 17.7 Å². The summed E-state index contributed by atoms with van der Waals surface area (Å²) in [5.41, 5.74) is 3.74. The largest absolute Gasteiger partial charge is 0.478 e. The molecule has 0 fully saturated rings. The van der Waals surface area contributed by atoms with Crippen LogP contribution < -0.4 is 5.32 Å². The van der Waals surface area contributed by atoms with Gasteiger partial charge in [-0.3, -0.25) is 4.79 Å². The van der Waals surface area contributed by atoms with Gasteiger partial charge in [0, 0.05) is 23.4 Å². The number of aryl methyl sites for hydroxylation is 1. The van der Waals surface area contributed by atoms with Crippen LogP contribution in [0, 0.1) is 0 Å². The zero-order chi connectivity index (χ0) is 28.6. The van der Waals surface area contributed by atoms with E-state index in [4.69, 9.17) is 0 Å². The van der Waals surface area contributed by atoms with Gasteiger partial charge in [-0.05, 0) is 52.2 Å². The highest BCUT2D eigenvalue weighted by Gasteiger charge is 2.17. The second kappa shape index (κ2) is 13.0. The first-order valence-electron chi connectivity index (χ1n) is 13.1. The Bertz CT molecular complexity index is 1630. The molecule has 0 saturated carbocycles. The monoisotopic (exact) mass is 568 g/mol. The maximum Gasteiger partial charge on any atom is 0.335 e. The zero-order valence-electron chi connectivity index (χ0n) is 22.3. The number of hydrogen-bond donors (Lipinski definition) is 3. The summed E-state index contributed by atoms with van der Waals surface area (Å²) in [6, 6.07) is 21.7. The molecule has 1 amide bonds. The lowest BCUT2D eigenvalue weighted by Gasteiger charge is -2.12. The highest BCUT2D eigenvalue weighted by atomic mass is 32.2. The first kappa shape index (κ1) is 27.7. The van der Waals surface area contributed by atoms with Crippen LogP contribution in [0.25, 0.3) is 11.4 Å². The molecule has 3 N–H and O–H groups in total. The lowest BCUT2D eigenvalue weighted by molar-refractivity contribution is 0.0695. The number of carbonyl (C=O) groups is 2. The van der Waals surface area contributed by atoms with E-state index in [9.17, 15) is 14.7 Å². The van der Waals surface area contributed by atoms with Crippen molar-refractivity contribution in [3.63, 3.8) is 0 Å². The summed E-state index contributed by atoms with van der Waals surface area (Å²) < 4.78 is 2.08. The zero-order valence-corrected chi connectivity index (χ0v) is 23.1. The normalized spacial score (nSPS) is 11.0. The molecule has 0 aliphatic carbocycles. The van der Waals surface area contributed by atoms with Crippen molar-refractivity contribution >= 4 is 29.3 Å². The number of hydrogen-bond acceptors (Lipinski definition) is 8. The number of carbonyl (C=O) groups excluding carboxylic acids is 1. The van der Waals surface area contributed by atoms with Gasteiger partial charge >= 0.3 is 5.97 Å². The topological polar surface area (TPSA) is 152 Å². The van der Waals surface area contributed by atoms with Crippen LogP contribution in [0.3, 0.4) is 0 Å². The van der Waals surface area contributed by atoms with Gasteiger partial charge in [-0.2, -0.15) is 0 Å². The Morgan fingerprint density at radius 2 is 1.71 bits per heavy atom. The molecule has 208 valence electrons. The number of aromatic amines is 1. The van der Waals surface area contributed by atoms with Gasteiger partial charge in [0.25, 0.3) is 5.91 Å². The molecule has 0 saturated heterocycles. The molecule has 0 bridgehead atoms. The molecule has 41 heavy (non-hydrogen) atoms. The number of nitrogens with one attached hydrogen (secondary N) is 2. The number of aromatic carboxylic acids is 1. The summed E-state index contributed by atoms with van der Waals surface area (Å²) >= 11 is 1.47. The standard InChI is InChI=1S/C29H28N8O3S/c1-2-3-12-25-31-34-29(41-18-20-8-4-5-9-22(20)28(39)40)37(25)17-19-13-15-21(16-14-19)30-27(38)24-11-7-6-10-23(24)26-32-35-36-33-26/h4-11,13-16H,2-3,12,17-18H2,1H3,(H,30,38)(H,39,40)(H,32,33,35,36). The molecule has 2 aromatic heterocycles. The maximum absolute atomic E-state index is 13.1. The van der Waals surface area contributed by atoms with E-state index >= 15 is 0 Å². The quantitative estimate of drug-likeness (QED) is 0.175. The van der Waals surface area contributed by atoms with Gasteiger partial charge < -0.3 is 15.0 Å². The molecule has 0 aliphatic rings. The van der Waals surface area contributed by atoms with Gasteiger partial charge in [-0.15, -0.1) is 15.3 Å². The molecule has 2 heterocycles. The number of carboxylic acids is 1. The van der Waals surface area contributed by atoms with Crippen molar-refractivity contribution in [1.29, 1.82) is 0 Å². The van der Waals surface area contributed by atoms with Crippen LogP contribution in [0.15, 0.2) is 78.0 Å². The van der Waals surface area contributed by atoms with Gasteiger partial charge in [-0.1, -0.05) is 73.6 Å². The SMILES string of the molecule is CCCCc1nnc(SCc2ccccc2C(=O)O)n1Cc1ccc(NC(=O)c2ccccc2-c2nnn[nH]2)cc1. The predicted molar refractivity (Wildman–Crippen MR) is 155 cm³/mol. The number of aromatic nitrogens is 7. The molecular formula is C29H28N8O3S. The fourth-order valence-electron chi connectivity index (χ4n) is 4.34. The Kier molecular flexibility index (Phi) is 8.79. The molecule has 11 nitrogen and oxygen atoms in total. The highest BCUT2D eigenvalue weighted by Crippen LogP contribution is 2.26. The summed E-state index contributed by atoms with van der Waals surface area (Å²) in [6.07, 6.45) is 2.82. The second-order valence-corrected chi connectivity index (χ2v) is 10.2. The fraction of sp³-hybridized carbons (Fsp3) is 0.207. The Morgan fingerprint density at radius 1 is 0.951 bits per heavy atom. The van der Waals surface area contributed by atoms with Crippen LogP contribution in [0.5, 0.6) is 0 Å². The first-order valence-corrected chi connectivity index (χ1v) is 14.1. The summed E-state index contributed by atoms with van der Waals surface area (Å²) in [6.45, 7) is 2.68.